The van der Waals surface area contributed by atoms with Gasteiger partial charge >= 0.3 is 0 Å². The number of benzene rings is 1. The smallest absolute Gasteiger partial charge is 0.254 e. The maximum Gasteiger partial charge on any atom is 0.254 e. The van der Waals surface area contributed by atoms with Crippen molar-refractivity contribution in [1.82, 2.24) is 15.1 Å². The summed E-state index contributed by atoms with van der Waals surface area (Å²) in [7, 11) is 1.76. The van der Waals surface area contributed by atoms with Gasteiger partial charge in [-0.05, 0) is 50.5 Å². The summed E-state index contributed by atoms with van der Waals surface area (Å²) in [6, 6.07) is 9.86. The molecule has 2 saturated heterocycles. The van der Waals surface area contributed by atoms with E-state index in [2.05, 4.69) is 22.5 Å². The molecule has 162 valence electrons. The van der Waals surface area contributed by atoms with E-state index in [-0.39, 0.29) is 18.4 Å². The van der Waals surface area contributed by atoms with Crippen LogP contribution >= 0.6 is 0 Å². The third-order valence-corrected chi connectivity index (χ3v) is 6.76. The fourth-order valence-corrected chi connectivity index (χ4v) is 5.31. The number of fused-ring (bicyclic) bond motifs is 2. The number of ether oxygens (including phenoxy) is 1. The Morgan fingerprint density at radius 1 is 1.33 bits per heavy atom. The number of carbonyl (C=O) groups is 1. The average Bonchev–Trinajstić information content (AvgIpc) is 3.15. The highest BCUT2D eigenvalue weighted by atomic mass is 16.5. The number of nitrogens with one attached hydrogen (secondary N) is 1. The molecule has 0 saturated carbocycles. The van der Waals surface area contributed by atoms with Crippen LogP contribution in [0.4, 0.5) is 0 Å². The molecule has 1 aromatic heterocycles. The lowest BCUT2D eigenvalue weighted by Crippen LogP contribution is -2.58. The lowest BCUT2D eigenvalue weighted by Gasteiger charge is -2.50. The van der Waals surface area contributed by atoms with Crippen molar-refractivity contribution in [3.05, 3.63) is 53.9 Å². The molecular weight excluding hydrogens is 382 g/mol. The van der Waals surface area contributed by atoms with Crippen LogP contribution in [0, 0.1) is 0 Å². The SMILES string of the molecule is Cn1cc(C(=O)N[C@@H]2CC[C@@]3(CCO)C[C@H](c4ccccc4)C[C@](C)(O3)[C@H]2O)cn1. The number of nitrogens with zero attached hydrogens (tertiary/aromatic N) is 2. The number of rotatable bonds is 5. The molecule has 30 heavy (non-hydrogen) atoms. The number of carbonyl (C=O) groups excluding carboxylic acids is 1. The van der Waals surface area contributed by atoms with Gasteiger partial charge in [0.25, 0.3) is 5.91 Å². The van der Waals surface area contributed by atoms with E-state index in [1.165, 1.54) is 11.8 Å². The number of aryl methyl sites for hydroxylation is 1. The van der Waals surface area contributed by atoms with E-state index in [1.807, 2.05) is 25.1 Å². The summed E-state index contributed by atoms with van der Waals surface area (Å²) in [5.41, 5.74) is 0.350. The van der Waals surface area contributed by atoms with Gasteiger partial charge in [0.1, 0.15) is 6.10 Å². The summed E-state index contributed by atoms with van der Waals surface area (Å²) < 4.78 is 8.15. The van der Waals surface area contributed by atoms with Gasteiger partial charge in [-0.2, -0.15) is 5.10 Å². The molecule has 2 aromatic rings. The monoisotopic (exact) mass is 413 g/mol. The number of hydrogen-bond donors (Lipinski definition) is 3. The quantitative estimate of drug-likeness (QED) is 0.698. The number of aliphatic hydroxyl groups excluding tert-OH is 2. The van der Waals surface area contributed by atoms with Gasteiger partial charge in [0, 0.05) is 19.9 Å². The van der Waals surface area contributed by atoms with Crippen molar-refractivity contribution in [2.75, 3.05) is 6.61 Å². The number of hydrogen-bond acceptors (Lipinski definition) is 5. The number of amides is 1. The Hall–Kier alpha value is -2.22. The summed E-state index contributed by atoms with van der Waals surface area (Å²) in [5.74, 6) is -0.0260. The van der Waals surface area contributed by atoms with Crippen LogP contribution in [0.5, 0.6) is 0 Å². The number of aromatic nitrogens is 2. The molecule has 0 unspecified atom stereocenters. The summed E-state index contributed by atoms with van der Waals surface area (Å²) in [6.45, 7) is 1.97. The second kappa shape index (κ2) is 8.13. The first-order valence-electron chi connectivity index (χ1n) is 10.7. The lowest BCUT2D eigenvalue weighted by molar-refractivity contribution is -0.223. The second-order valence-electron chi connectivity index (χ2n) is 9.05. The van der Waals surface area contributed by atoms with Crippen LogP contribution in [0.25, 0.3) is 0 Å². The first-order chi connectivity index (χ1) is 14.3. The Morgan fingerprint density at radius 3 is 2.77 bits per heavy atom. The minimum absolute atomic E-state index is 0.0282. The molecule has 1 amide bonds. The van der Waals surface area contributed by atoms with Crippen molar-refractivity contribution in [2.24, 2.45) is 7.05 Å². The highest BCUT2D eigenvalue weighted by molar-refractivity contribution is 5.93. The Morgan fingerprint density at radius 2 is 2.10 bits per heavy atom. The molecule has 7 heteroatoms. The van der Waals surface area contributed by atoms with Crippen LogP contribution in [-0.4, -0.2) is 55.9 Å². The topological polar surface area (TPSA) is 96.6 Å². The second-order valence-corrected chi connectivity index (χ2v) is 9.05. The molecule has 2 aliphatic heterocycles. The van der Waals surface area contributed by atoms with Crippen molar-refractivity contribution < 1.29 is 19.7 Å². The van der Waals surface area contributed by atoms with E-state index in [9.17, 15) is 15.0 Å². The molecule has 3 N–H and O–H groups in total. The molecule has 2 aliphatic rings. The predicted octanol–water partition coefficient (Wildman–Crippen LogP) is 2.15. The Labute approximate surface area is 177 Å². The van der Waals surface area contributed by atoms with Crippen LogP contribution in [0.2, 0.25) is 0 Å². The molecule has 3 heterocycles. The van der Waals surface area contributed by atoms with Gasteiger partial charge in [0.15, 0.2) is 0 Å². The van der Waals surface area contributed by atoms with Crippen LogP contribution in [-0.2, 0) is 11.8 Å². The van der Waals surface area contributed by atoms with Gasteiger partial charge in [0.05, 0.1) is 29.0 Å². The fourth-order valence-electron chi connectivity index (χ4n) is 5.31. The molecule has 7 nitrogen and oxygen atoms in total. The van der Waals surface area contributed by atoms with Crippen molar-refractivity contribution in [3.63, 3.8) is 0 Å². The van der Waals surface area contributed by atoms with Crippen molar-refractivity contribution in [2.45, 2.75) is 68.3 Å². The van der Waals surface area contributed by atoms with Gasteiger partial charge in [-0.3, -0.25) is 9.48 Å². The Kier molecular flexibility index (Phi) is 5.70. The van der Waals surface area contributed by atoms with Gasteiger partial charge in [0.2, 0.25) is 0 Å². The van der Waals surface area contributed by atoms with Gasteiger partial charge in [-0.25, -0.2) is 0 Å². The highest BCUT2D eigenvalue weighted by Crippen LogP contribution is 2.51. The summed E-state index contributed by atoms with van der Waals surface area (Å²) >= 11 is 0. The minimum Gasteiger partial charge on any atom is -0.396 e. The van der Waals surface area contributed by atoms with Crippen molar-refractivity contribution in [3.8, 4) is 0 Å². The molecular formula is C23H31N3O4. The minimum atomic E-state index is -0.856. The predicted molar refractivity (Wildman–Crippen MR) is 112 cm³/mol. The van der Waals surface area contributed by atoms with Crippen LogP contribution < -0.4 is 5.32 Å². The fraction of sp³-hybridized carbons (Fsp3) is 0.565. The zero-order chi connectivity index (χ0) is 21.4. The van der Waals surface area contributed by atoms with E-state index in [4.69, 9.17) is 4.74 Å². The molecule has 2 fully saturated rings. The zero-order valence-corrected chi connectivity index (χ0v) is 17.6. The molecule has 5 atom stereocenters. The lowest BCUT2D eigenvalue weighted by atomic mass is 9.73. The average molecular weight is 414 g/mol. The van der Waals surface area contributed by atoms with E-state index >= 15 is 0 Å². The molecule has 0 spiro atoms. The standard InChI is InChI=1S/C23H31N3O4/c1-22-12-17(16-6-4-3-5-7-16)13-23(30-22,10-11-27)9-8-19(20(22)28)25-21(29)18-14-24-26(2)15-18/h3-7,14-15,17,19-20,27-28H,8-13H2,1-2H3,(H,25,29)/t17-,19-,20+,22+,23-/m1/s1. The maximum absolute atomic E-state index is 12.7. The van der Waals surface area contributed by atoms with Crippen molar-refractivity contribution >= 4 is 5.91 Å². The number of aliphatic hydroxyl groups is 2. The molecule has 4 rings (SSSR count). The Bertz CT molecular complexity index is 886. The van der Waals surface area contributed by atoms with Crippen LogP contribution in [0.1, 0.15) is 60.9 Å². The van der Waals surface area contributed by atoms with Crippen molar-refractivity contribution in [1.29, 1.82) is 0 Å². The van der Waals surface area contributed by atoms with E-state index in [0.29, 0.717) is 31.2 Å². The van der Waals surface area contributed by atoms with Crippen LogP contribution in [0.15, 0.2) is 42.7 Å². The van der Waals surface area contributed by atoms with E-state index in [0.717, 1.165) is 6.42 Å². The maximum atomic E-state index is 12.7. The molecule has 1 aromatic carbocycles. The van der Waals surface area contributed by atoms with Crippen LogP contribution in [0.3, 0.4) is 0 Å². The van der Waals surface area contributed by atoms with E-state index in [1.54, 1.807) is 17.9 Å². The molecule has 2 bridgehead atoms. The zero-order valence-electron chi connectivity index (χ0n) is 17.6. The third-order valence-electron chi connectivity index (χ3n) is 6.76. The highest BCUT2D eigenvalue weighted by Gasteiger charge is 2.54. The summed E-state index contributed by atoms with van der Waals surface area (Å²) in [4.78, 5) is 12.7. The summed E-state index contributed by atoms with van der Waals surface area (Å²) in [6.07, 6.45) is 5.55. The Balaban J connectivity index is 1.61. The first-order valence-corrected chi connectivity index (χ1v) is 10.7. The largest absolute Gasteiger partial charge is 0.396 e. The van der Waals surface area contributed by atoms with Gasteiger partial charge in [-0.15, -0.1) is 0 Å². The van der Waals surface area contributed by atoms with Gasteiger partial charge in [-0.1, -0.05) is 30.3 Å². The first kappa shape index (κ1) is 21.0. The molecule has 0 aliphatic carbocycles. The summed E-state index contributed by atoms with van der Waals surface area (Å²) in [5, 5.41) is 28.2. The van der Waals surface area contributed by atoms with Gasteiger partial charge < -0.3 is 20.3 Å². The third kappa shape index (κ3) is 4.02. The van der Waals surface area contributed by atoms with E-state index < -0.39 is 23.3 Å². The normalized spacial score (nSPS) is 33.7. The molecule has 0 radical (unpaired) electrons.